The summed E-state index contributed by atoms with van der Waals surface area (Å²) in [6.45, 7) is 6.52. The number of para-hydroxylation sites is 2. The number of fused-ring (bicyclic) bond motifs is 4. The van der Waals surface area contributed by atoms with Crippen molar-refractivity contribution in [2.45, 2.75) is 51.9 Å². The molecule has 0 bridgehead atoms. The van der Waals surface area contributed by atoms with E-state index in [1.165, 1.54) is 6.07 Å². The normalized spacial score (nSPS) is 23.5. The lowest BCUT2D eigenvalue weighted by Gasteiger charge is -2.54. The van der Waals surface area contributed by atoms with Crippen LogP contribution in [0.5, 0.6) is 0 Å². The Labute approximate surface area is 263 Å². The van der Waals surface area contributed by atoms with Gasteiger partial charge in [0.15, 0.2) is 11.6 Å². The molecule has 0 aliphatic heterocycles. The van der Waals surface area contributed by atoms with E-state index in [-0.39, 0.29) is 17.5 Å². The molecule has 2 aromatic heterocycles. The van der Waals surface area contributed by atoms with Crippen molar-refractivity contribution in [2.24, 2.45) is 11.3 Å². The fourth-order valence-electron chi connectivity index (χ4n) is 7.96. The molecule has 0 saturated heterocycles. The van der Waals surface area contributed by atoms with Crippen molar-refractivity contribution in [3.05, 3.63) is 120 Å². The number of carbonyl (C=O) groups is 1. The van der Waals surface area contributed by atoms with Crippen LogP contribution >= 0.6 is 0 Å². The smallest absolute Gasteiger partial charge is 0.166 e. The SMILES string of the molecule is CC[C@@]1(C)C(=O)/C(=C\N(C)c2ccccc2)C[C@@]2(C)c3nc(-c4ccnc5ccccc45)nc(-c4ccccc4F)c3CC[C@H]12. The van der Waals surface area contributed by atoms with Gasteiger partial charge < -0.3 is 4.90 Å². The van der Waals surface area contributed by atoms with Crippen molar-refractivity contribution < 1.29 is 9.18 Å². The molecule has 5 aromatic rings. The first-order chi connectivity index (χ1) is 21.7. The first kappa shape index (κ1) is 29.0. The molecule has 2 heterocycles. The standard InChI is InChI=1S/C39H37FN4O/c1-5-38(2)33-20-19-30-34(29-16-9-11-17-31(29)40)42-37(28-21-22-41-32-18-12-10-15-27(28)32)43-35(30)39(33,3)23-25(36(38)45)24-44(4)26-13-7-6-8-14-26/h6-18,21-22,24,33H,5,19-20,23H2,1-4H3/b25-24-/t33-,38-,39-/m1/s1. The Morgan fingerprint density at radius 3 is 2.44 bits per heavy atom. The third kappa shape index (κ3) is 4.66. The number of hydrogen-bond acceptors (Lipinski definition) is 5. The zero-order valence-corrected chi connectivity index (χ0v) is 26.2. The highest BCUT2D eigenvalue weighted by Crippen LogP contribution is 2.59. The quantitative estimate of drug-likeness (QED) is 0.190. The number of nitrogens with zero attached hydrogens (tertiary/aromatic N) is 4. The summed E-state index contributed by atoms with van der Waals surface area (Å²) in [5.74, 6) is 0.523. The van der Waals surface area contributed by atoms with Crippen molar-refractivity contribution in [1.29, 1.82) is 0 Å². The summed E-state index contributed by atoms with van der Waals surface area (Å²) in [5.41, 5.74) is 5.48. The highest BCUT2D eigenvalue weighted by atomic mass is 19.1. The summed E-state index contributed by atoms with van der Waals surface area (Å²) < 4.78 is 15.5. The summed E-state index contributed by atoms with van der Waals surface area (Å²) in [4.78, 5) is 31.4. The van der Waals surface area contributed by atoms with Gasteiger partial charge >= 0.3 is 0 Å². The third-order valence-corrected chi connectivity index (χ3v) is 10.4. The number of hydrogen-bond donors (Lipinski definition) is 0. The number of benzene rings is 3. The van der Waals surface area contributed by atoms with Gasteiger partial charge in [0.25, 0.3) is 0 Å². The first-order valence-corrected chi connectivity index (χ1v) is 15.8. The molecule has 2 aliphatic carbocycles. The molecule has 3 aromatic carbocycles. The zero-order valence-electron chi connectivity index (χ0n) is 26.2. The van der Waals surface area contributed by atoms with E-state index >= 15 is 4.39 Å². The van der Waals surface area contributed by atoms with Gasteiger partial charge in [0.05, 0.1) is 16.9 Å². The van der Waals surface area contributed by atoms with Gasteiger partial charge in [0.2, 0.25) is 0 Å². The maximum Gasteiger partial charge on any atom is 0.166 e. The van der Waals surface area contributed by atoms with Gasteiger partial charge in [-0.15, -0.1) is 0 Å². The lowest BCUT2D eigenvalue weighted by molar-refractivity contribution is -0.133. The molecular formula is C39H37FN4O. The van der Waals surface area contributed by atoms with Gasteiger partial charge in [-0.05, 0) is 68.0 Å². The number of pyridine rings is 1. The number of aromatic nitrogens is 3. The molecule has 45 heavy (non-hydrogen) atoms. The number of carbonyl (C=O) groups excluding carboxylic acids is 1. The van der Waals surface area contributed by atoms with Crippen LogP contribution in [0.4, 0.5) is 10.1 Å². The van der Waals surface area contributed by atoms with Crippen molar-refractivity contribution in [3.63, 3.8) is 0 Å². The van der Waals surface area contributed by atoms with Crippen LogP contribution in [0, 0.1) is 17.2 Å². The molecule has 0 amide bonds. The Morgan fingerprint density at radius 1 is 0.933 bits per heavy atom. The van der Waals surface area contributed by atoms with Crippen LogP contribution < -0.4 is 4.90 Å². The molecule has 7 rings (SSSR count). The maximum absolute atomic E-state index is 15.5. The molecule has 0 spiro atoms. The molecule has 1 saturated carbocycles. The van der Waals surface area contributed by atoms with Crippen LogP contribution in [0.3, 0.4) is 0 Å². The average molecular weight is 597 g/mol. The Morgan fingerprint density at radius 2 is 1.67 bits per heavy atom. The first-order valence-electron chi connectivity index (χ1n) is 15.8. The van der Waals surface area contributed by atoms with E-state index in [4.69, 9.17) is 9.97 Å². The van der Waals surface area contributed by atoms with E-state index in [0.29, 0.717) is 29.9 Å². The zero-order chi connectivity index (χ0) is 31.3. The molecule has 5 nitrogen and oxygen atoms in total. The van der Waals surface area contributed by atoms with Gasteiger partial charge in [-0.2, -0.15) is 0 Å². The lowest BCUT2D eigenvalue weighted by atomic mass is 9.48. The van der Waals surface area contributed by atoms with Gasteiger partial charge in [-0.3, -0.25) is 9.78 Å². The monoisotopic (exact) mass is 596 g/mol. The summed E-state index contributed by atoms with van der Waals surface area (Å²) in [5, 5.41) is 0.944. The molecule has 3 atom stereocenters. The summed E-state index contributed by atoms with van der Waals surface area (Å²) >= 11 is 0. The minimum Gasteiger partial charge on any atom is -0.351 e. The molecule has 0 unspecified atom stereocenters. The second-order valence-corrected chi connectivity index (χ2v) is 13.0. The largest absolute Gasteiger partial charge is 0.351 e. The van der Waals surface area contributed by atoms with E-state index in [1.54, 1.807) is 12.3 Å². The van der Waals surface area contributed by atoms with E-state index in [9.17, 15) is 4.79 Å². The van der Waals surface area contributed by atoms with Crippen molar-refractivity contribution in [2.75, 3.05) is 11.9 Å². The predicted molar refractivity (Wildman–Crippen MR) is 178 cm³/mol. The van der Waals surface area contributed by atoms with Crippen LogP contribution in [0.1, 0.15) is 51.3 Å². The van der Waals surface area contributed by atoms with E-state index < -0.39 is 10.8 Å². The van der Waals surface area contributed by atoms with Crippen molar-refractivity contribution >= 4 is 22.4 Å². The third-order valence-electron chi connectivity index (χ3n) is 10.4. The molecule has 0 radical (unpaired) electrons. The lowest BCUT2D eigenvalue weighted by Crippen LogP contribution is -2.55. The second-order valence-electron chi connectivity index (χ2n) is 13.0. The number of rotatable bonds is 5. The Hall–Kier alpha value is -4.71. The Balaban J connectivity index is 1.47. The van der Waals surface area contributed by atoms with E-state index in [1.807, 2.05) is 90.9 Å². The van der Waals surface area contributed by atoms with Gasteiger partial charge in [-0.1, -0.05) is 69.3 Å². The van der Waals surface area contributed by atoms with E-state index in [0.717, 1.165) is 51.8 Å². The minimum atomic E-state index is -0.569. The molecular weight excluding hydrogens is 559 g/mol. The van der Waals surface area contributed by atoms with Crippen LogP contribution in [0.2, 0.25) is 0 Å². The highest BCUT2D eigenvalue weighted by Gasteiger charge is 2.58. The highest BCUT2D eigenvalue weighted by molar-refractivity contribution is 6.02. The number of Topliss-reactive ketones (excluding diaryl/α,β-unsaturated/α-hetero) is 1. The van der Waals surface area contributed by atoms with Crippen LogP contribution in [0.15, 0.2) is 103 Å². The Bertz CT molecular complexity index is 1970. The second kappa shape index (κ2) is 11.0. The van der Waals surface area contributed by atoms with E-state index in [2.05, 4.69) is 25.8 Å². The van der Waals surface area contributed by atoms with Crippen LogP contribution in [-0.4, -0.2) is 27.8 Å². The fourth-order valence-corrected chi connectivity index (χ4v) is 7.96. The maximum atomic E-state index is 15.5. The molecule has 226 valence electrons. The van der Waals surface area contributed by atoms with Crippen LogP contribution in [0.25, 0.3) is 33.5 Å². The number of allylic oxidation sites excluding steroid dienone is 1. The summed E-state index contributed by atoms with van der Waals surface area (Å²) in [7, 11) is 1.99. The van der Waals surface area contributed by atoms with Crippen LogP contribution in [-0.2, 0) is 16.6 Å². The molecule has 2 aliphatic rings. The molecule has 0 N–H and O–H groups in total. The average Bonchev–Trinajstić information content (AvgIpc) is 3.07. The Kier molecular flexibility index (Phi) is 7.11. The number of anilines is 1. The molecule has 6 heteroatoms. The predicted octanol–water partition coefficient (Wildman–Crippen LogP) is 8.73. The molecule has 1 fully saturated rings. The fraction of sp³-hybridized carbons (Fsp3) is 0.282. The van der Waals surface area contributed by atoms with Gasteiger partial charge in [-0.25, -0.2) is 14.4 Å². The van der Waals surface area contributed by atoms with Crippen molar-refractivity contribution in [3.8, 4) is 22.6 Å². The minimum absolute atomic E-state index is 0.0691. The topological polar surface area (TPSA) is 59.0 Å². The summed E-state index contributed by atoms with van der Waals surface area (Å²) in [6, 6.07) is 26.9. The number of ketones is 1. The van der Waals surface area contributed by atoms with Gasteiger partial charge in [0.1, 0.15) is 5.82 Å². The van der Waals surface area contributed by atoms with Crippen molar-refractivity contribution in [1.82, 2.24) is 15.0 Å². The summed E-state index contributed by atoms with van der Waals surface area (Å²) in [6.07, 6.45) is 6.55. The number of halogens is 1. The van der Waals surface area contributed by atoms with Gasteiger partial charge in [0, 0.05) is 63.6 Å².